The van der Waals surface area contributed by atoms with E-state index in [0.29, 0.717) is 10.0 Å². The van der Waals surface area contributed by atoms with Gasteiger partial charge in [0.1, 0.15) is 0 Å². The van der Waals surface area contributed by atoms with E-state index in [-0.39, 0.29) is 5.41 Å². The van der Waals surface area contributed by atoms with Gasteiger partial charge in [0, 0.05) is 12.0 Å². The lowest BCUT2D eigenvalue weighted by Crippen LogP contribution is -2.31. The number of hydrogen-bond donors (Lipinski definition) is 0. The molecular weight excluding hydrogens is 265 g/mol. The van der Waals surface area contributed by atoms with Crippen LogP contribution < -0.4 is 0 Å². The van der Waals surface area contributed by atoms with Crippen LogP contribution in [0.2, 0.25) is 10.0 Å². The maximum atomic E-state index is 6.15. The van der Waals surface area contributed by atoms with E-state index in [1.54, 1.807) is 0 Å². The Morgan fingerprint density at radius 1 is 1.33 bits per heavy atom. The molecule has 2 rings (SSSR count). The van der Waals surface area contributed by atoms with Crippen LogP contribution in [0.5, 0.6) is 0 Å². The van der Waals surface area contributed by atoms with Gasteiger partial charge >= 0.3 is 0 Å². The van der Waals surface area contributed by atoms with Gasteiger partial charge in [-0.15, -0.1) is 0 Å². The fourth-order valence-corrected chi connectivity index (χ4v) is 3.25. The molecule has 1 fully saturated rings. The molecule has 0 aromatic heterocycles. The SMILES string of the molecule is CCCN(C)CC1(c2ccc(Cl)c(Cl)c2)C[C@H]1C. The van der Waals surface area contributed by atoms with Crippen molar-refractivity contribution in [3.05, 3.63) is 33.8 Å². The van der Waals surface area contributed by atoms with Crippen molar-refractivity contribution in [3.63, 3.8) is 0 Å². The summed E-state index contributed by atoms with van der Waals surface area (Å²) in [5.41, 5.74) is 1.63. The van der Waals surface area contributed by atoms with Crippen molar-refractivity contribution < 1.29 is 0 Å². The summed E-state index contributed by atoms with van der Waals surface area (Å²) in [6, 6.07) is 6.11. The summed E-state index contributed by atoms with van der Waals surface area (Å²) >= 11 is 12.1. The summed E-state index contributed by atoms with van der Waals surface area (Å²) in [4.78, 5) is 2.42. The summed E-state index contributed by atoms with van der Waals surface area (Å²) < 4.78 is 0. The normalized spacial score (nSPS) is 26.7. The second kappa shape index (κ2) is 5.40. The van der Waals surface area contributed by atoms with Crippen LogP contribution in [0.15, 0.2) is 18.2 Å². The predicted octanol–water partition coefficient (Wildman–Crippen LogP) is 4.61. The lowest BCUT2D eigenvalue weighted by molar-refractivity contribution is 0.295. The lowest BCUT2D eigenvalue weighted by Gasteiger charge is -2.25. The predicted molar refractivity (Wildman–Crippen MR) is 79.7 cm³/mol. The molecule has 100 valence electrons. The van der Waals surface area contributed by atoms with Crippen molar-refractivity contribution in [2.75, 3.05) is 20.1 Å². The summed E-state index contributed by atoms with van der Waals surface area (Å²) in [6.07, 6.45) is 2.45. The van der Waals surface area contributed by atoms with E-state index in [4.69, 9.17) is 23.2 Å². The molecule has 1 unspecified atom stereocenters. The quantitative estimate of drug-likeness (QED) is 0.764. The minimum absolute atomic E-state index is 0.290. The molecule has 2 atom stereocenters. The molecule has 0 bridgehead atoms. The van der Waals surface area contributed by atoms with Gasteiger partial charge in [0.05, 0.1) is 10.0 Å². The van der Waals surface area contributed by atoms with Crippen LogP contribution in [-0.4, -0.2) is 25.0 Å². The van der Waals surface area contributed by atoms with Crippen molar-refractivity contribution >= 4 is 23.2 Å². The van der Waals surface area contributed by atoms with Gasteiger partial charge in [-0.25, -0.2) is 0 Å². The molecule has 1 aromatic rings. The standard InChI is InChI=1S/C15H21Cl2N/c1-4-7-18(3)10-15(9-11(15)2)12-5-6-13(16)14(17)8-12/h5-6,8,11H,4,7,9-10H2,1-3H3/t11-,15?/m1/s1. The van der Waals surface area contributed by atoms with Crippen LogP contribution in [0.25, 0.3) is 0 Å². The smallest absolute Gasteiger partial charge is 0.0595 e. The van der Waals surface area contributed by atoms with Gasteiger partial charge in [-0.1, -0.05) is 43.1 Å². The topological polar surface area (TPSA) is 3.24 Å². The first-order valence-corrected chi connectivity index (χ1v) is 7.39. The molecule has 0 saturated heterocycles. The second-order valence-electron chi connectivity index (χ2n) is 5.63. The van der Waals surface area contributed by atoms with Crippen LogP contribution in [-0.2, 0) is 5.41 Å². The molecule has 1 saturated carbocycles. The number of benzene rings is 1. The molecule has 3 heteroatoms. The molecule has 0 radical (unpaired) electrons. The summed E-state index contributed by atoms with van der Waals surface area (Å²) in [7, 11) is 2.20. The highest BCUT2D eigenvalue weighted by atomic mass is 35.5. The fourth-order valence-electron chi connectivity index (χ4n) is 2.95. The van der Waals surface area contributed by atoms with E-state index in [1.165, 1.54) is 18.4 Å². The number of likely N-dealkylation sites (N-methyl/N-ethyl adjacent to an activating group) is 1. The third kappa shape index (κ3) is 2.68. The first-order valence-electron chi connectivity index (χ1n) is 6.63. The molecule has 1 nitrogen and oxygen atoms in total. The van der Waals surface area contributed by atoms with Gasteiger partial charge in [-0.2, -0.15) is 0 Å². The van der Waals surface area contributed by atoms with E-state index in [9.17, 15) is 0 Å². The number of hydrogen-bond acceptors (Lipinski definition) is 1. The zero-order chi connectivity index (χ0) is 13.3. The minimum atomic E-state index is 0.290. The molecule has 0 spiro atoms. The van der Waals surface area contributed by atoms with E-state index < -0.39 is 0 Å². The fraction of sp³-hybridized carbons (Fsp3) is 0.600. The summed E-state index contributed by atoms with van der Waals surface area (Å²) in [5.74, 6) is 0.731. The first-order chi connectivity index (χ1) is 8.49. The Labute approximate surface area is 120 Å². The Balaban J connectivity index is 2.20. The third-order valence-electron chi connectivity index (χ3n) is 4.11. The van der Waals surface area contributed by atoms with Crippen LogP contribution in [0.3, 0.4) is 0 Å². The number of nitrogens with zero attached hydrogens (tertiary/aromatic N) is 1. The van der Waals surface area contributed by atoms with Crippen molar-refractivity contribution in [2.24, 2.45) is 5.92 Å². The monoisotopic (exact) mass is 285 g/mol. The van der Waals surface area contributed by atoms with E-state index >= 15 is 0 Å². The average molecular weight is 286 g/mol. The van der Waals surface area contributed by atoms with Gasteiger partial charge in [0.25, 0.3) is 0 Å². The van der Waals surface area contributed by atoms with E-state index in [2.05, 4.69) is 31.9 Å². The Hall–Kier alpha value is -0.240. The molecule has 0 heterocycles. The van der Waals surface area contributed by atoms with Crippen molar-refractivity contribution in [3.8, 4) is 0 Å². The van der Waals surface area contributed by atoms with Gasteiger partial charge < -0.3 is 4.90 Å². The maximum absolute atomic E-state index is 6.15. The Morgan fingerprint density at radius 3 is 2.50 bits per heavy atom. The highest BCUT2D eigenvalue weighted by Crippen LogP contribution is 2.55. The second-order valence-corrected chi connectivity index (χ2v) is 6.44. The van der Waals surface area contributed by atoms with Crippen LogP contribution in [0, 0.1) is 5.92 Å². The van der Waals surface area contributed by atoms with Gasteiger partial charge in [0.15, 0.2) is 0 Å². The van der Waals surface area contributed by atoms with Gasteiger partial charge in [0.2, 0.25) is 0 Å². The third-order valence-corrected chi connectivity index (χ3v) is 4.84. The number of rotatable bonds is 5. The van der Waals surface area contributed by atoms with Gasteiger partial charge in [-0.3, -0.25) is 0 Å². The molecular formula is C15H21Cl2N. The lowest BCUT2D eigenvalue weighted by atomic mass is 9.93. The number of halogens is 2. The van der Waals surface area contributed by atoms with E-state index in [1.807, 2.05) is 12.1 Å². The molecule has 0 amide bonds. The largest absolute Gasteiger partial charge is 0.305 e. The van der Waals surface area contributed by atoms with Crippen LogP contribution >= 0.6 is 23.2 Å². The zero-order valence-corrected chi connectivity index (χ0v) is 12.9. The maximum Gasteiger partial charge on any atom is 0.0595 e. The molecule has 1 aromatic carbocycles. The summed E-state index contributed by atoms with van der Waals surface area (Å²) in [6.45, 7) is 6.80. The van der Waals surface area contributed by atoms with Crippen molar-refractivity contribution in [2.45, 2.75) is 32.1 Å². The summed E-state index contributed by atoms with van der Waals surface area (Å²) in [5, 5.41) is 1.32. The van der Waals surface area contributed by atoms with E-state index in [0.717, 1.165) is 19.0 Å². The van der Waals surface area contributed by atoms with Crippen LogP contribution in [0.4, 0.5) is 0 Å². The highest BCUT2D eigenvalue weighted by molar-refractivity contribution is 6.42. The zero-order valence-electron chi connectivity index (χ0n) is 11.3. The molecule has 1 aliphatic carbocycles. The van der Waals surface area contributed by atoms with Crippen LogP contribution in [0.1, 0.15) is 32.3 Å². The Bertz CT molecular complexity index is 433. The first kappa shape index (κ1) is 14.2. The molecule has 1 aliphatic rings. The Morgan fingerprint density at radius 2 is 2.00 bits per heavy atom. The van der Waals surface area contributed by atoms with Crippen molar-refractivity contribution in [1.82, 2.24) is 4.90 Å². The highest BCUT2D eigenvalue weighted by Gasteiger charge is 2.52. The minimum Gasteiger partial charge on any atom is -0.305 e. The van der Waals surface area contributed by atoms with Gasteiger partial charge in [-0.05, 0) is 50.0 Å². The average Bonchev–Trinajstić information content (AvgIpc) is 2.94. The Kier molecular flexibility index (Phi) is 4.25. The van der Waals surface area contributed by atoms with Crippen molar-refractivity contribution in [1.29, 1.82) is 0 Å². The molecule has 18 heavy (non-hydrogen) atoms. The molecule has 0 N–H and O–H groups in total. The molecule has 0 aliphatic heterocycles.